The fraction of sp³-hybridized carbons (Fsp3) is 0.273. The summed E-state index contributed by atoms with van der Waals surface area (Å²) in [6.45, 7) is 0.610. The Balaban J connectivity index is 1.84. The number of aromatic nitrogens is 2. The molecule has 0 radical (unpaired) electrons. The second-order valence-corrected chi connectivity index (χ2v) is 9.37. The normalized spacial score (nSPS) is 14.2. The molecular weight excluding hydrogens is 432 g/mol. The molecule has 32 heavy (non-hydrogen) atoms. The van der Waals surface area contributed by atoms with Crippen LogP contribution >= 0.6 is 0 Å². The monoisotopic (exact) mass is 456 g/mol. The number of fused-ring (bicyclic) bond motifs is 1. The second kappa shape index (κ2) is 9.11. The summed E-state index contributed by atoms with van der Waals surface area (Å²) in [5, 5.41) is 3.34. The van der Waals surface area contributed by atoms with Crippen molar-refractivity contribution >= 4 is 27.2 Å². The third kappa shape index (κ3) is 4.52. The number of hydrogen-bond donors (Lipinski definition) is 2. The number of hydrogen-bond acceptors (Lipinski definition) is 7. The maximum Gasteiger partial charge on any atom is 0.211 e. The van der Waals surface area contributed by atoms with Crippen LogP contribution in [0.15, 0.2) is 48.8 Å². The molecule has 1 aromatic carbocycles. The Labute approximate surface area is 186 Å². The molecule has 3 heterocycles. The van der Waals surface area contributed by atoms with Gasteiger partial charge in [0, 0.05) is 30.3 Å². The van der Waals surface area contributed by atoms with E-state index >= 15 is 0 Å². The van der Waals surface area contributed by atoms with Gasteiger partial charge in [0.05, 0.1) is 49.1 Å². The number of aromatic amines is 1. The minimum Gasteiger partial charge on any atom is -0.489 e. The molecule has 0 saturated carbocycles. The molecule has 2 N–H and O–H groups in total. The number of benzene rings is 1. The maximum atomic E-state index is 13.1. The minimum atomic E-state index is -3.53. The lowest BCUT2D eigenvalue weighted by Gasteiger charge is -2.24. The first-order valence-electron chi connectivity index (χ1n) is 10.00. The molecule has 1 aliphatic heterocycles. The number of methoxy groups -OCH3 is 1. The molecule has 0 fully saturated rings. The van der Waals surface area contributed by atoms with E-state index in [-0.39, 0.29) is 18.9 Å². The zero-order chi connectivity index (χ0) is 22.7. The lowest BCUT2D eigenvalue weighted by Crippen LogP contribution is -2.38. The van der Waals surface area contributed by atoms with Crippen LogP contribution in [0.5, 0.6) is 5.75 Å². The summed E-state index contributed by atoms with van der Waals surface area (Å²) < 4.78 is 36.3. The number of H-pyrrole nitrogens is 1. The number of para-hydroxylation sites is 1. The third-order valence-electron chi connectivity index (χ3n) is 5.12. The van der Waals surface area contributed by atoms with Crippen LogP contribution in [0.25, 0.3) is 11.3 Å². The molecule has 168 valence electrons. The van der Waals surface area contributed by atoms with Gasteiger partial charge >= 0.3 is 0 Å². The molecule has 0 unspecified atom stereocenters. The summed E-state index contributed by atoms with van der Waals surface area (Å²) in [5.41, 5.74) is 3.67. The van der Waals surface area contributed by atoms with Gasteiger partial charge in [0.25, 0.3) is 0 Å². The van der Waals surface area contributed by atoms with E-state index in [1.54, 1.807) is 25.6 Å². The van der Waals surface area contributed by atoms with Gasteiger partial charge in [-0.15, -0.1) is 0 Å². The Kier molecular flexibility index (Phi) is 6.26. The molecule has 10 heteroatoms. The lowest BCUT2D eigenvalue weighted by molar-refractivity contribution is 0.0950. The molecule has 0 saturated heterocycles. The van der Waals surface area contributed by atoms with E-state index in [1.807, 2.05) is 30.3 Å². The van der Waals surface area contributed by atoms with Crippen molar-refractivity contribution in [2.75, 3.05) is 38.4 Å². The summed E-state index contributed by atoms with van der Waals surface area (Å²) >= 11 is 0. The van der Waals surface area contributed by atoms with Crippen LogP contribution in [0.3, 0.4) is 0 Å². The van der Waals surface area contributed by atoms with Crippen LogP contribution in [0.2, 0.25) is 0 Å². The molecule has 0 spiro atoms. The van der Waals surface area contributed by atoms with E-state index in [9.17, 15) is 13.2 Å². The van der Waals surface area contributed by atoms with Crippen LogP contribution in [-0.4, -0.2) is 61.6 Å². The summed E-state index contributed by atoms with van der Waals surface area (Å²) in [6.07, 6.45) is 4.33. The molecule has 2 aromatic heterocycles. The Morgan fingerprint density at radius 1 is 1.16 bits per heavy atom. The highest BCUT2D eigenvalue weighted by atomic mass is 32.2. The first kappa shape index (κ1) is 22.0. The van der Waals surface area contributed by atoms with Crippen molar-refractivity contribution in [3.8, 4) is 17.0 Å². The summed E-state index contributed by atoms with van der Waals surface area (Å²) in [6, 6.07) is 11.2. The van der Waals surface area contributed by atoms with Crippen molar-refractivity contribution in [2.24, 2.45) is 0 Å². The lowest BCUT2D eigenvalue weighted by atomic mass is 10.0. The summed E-state index contributed by atoms with van der Waals surface area (Å²) in [4.78, 5) is 20.5. The molecule has 4 rings (SSSR count). The number of carbonyl (C=O) groups excluding carboxylic acids is 1. The molecule has 0 atom stereocenters. The van der Waals surface area contributed by atoms with Crippen LogP contribution in [0.4, 0.5) is 11.4 Å². The van der Waals surface area contributed by atoms with Gasteiger partial charge in [0.15, 0.2) is 5.78 Å². The highest BCUT2D eigenvalue weighted by Gasteiger charge is 2.34. The summed E-state index contributed by atoms with van der Waals surface area (Å²) in [7, 11) is -1.94. The number of carbonyl (C=O) groups is 1. The molecule has 0 amide bonds. The largest absolute Gasteiger partial charge is 0.489 e. The van der Waals surface area contributed by atoms with E-state index in [4.69, 9.17) is 9.47 Å². The third-order valence-corrected chi connectivity index (χ3v) is 6.32. The molecule has 1 aliphatic rings. The van der Waals surface area contributed by atoms with E-state index < -0.39 is 10.0 Å². The SMILES string of the molecule is COCCOc1cnccc1-c1[nH]c2c(c1Nc1ccccc1)C(=O)CN(S(C)(=O)=O)C2. The topological polar surface area (TPSA) is 114 Å². The van der Waals surface area contributed by atoms with Crippen LogP contribution in [0, 0.1) is 0 Å². The number of Topliss-reactive ketones (excluding diaryl/α,β-unsaturated/α-hetero) is 1. The van der Waals surface area contributed by atoms with Gasteiger partial charge in [-0.25, -0.2) is 8.42 Å². The van der Waals surface area contributed by atoms with Gasteiger partial charge in [0.2, 0.25) is 10.0 Å². The van der Waals surface area contributed by atoms with Crippen LogP contribution < -0.4 is 10.1 Å². The highest BCUT2D eigenvalue weighted by Crippen LogP contribution is 2.41. The van der Waals surface area contributed by atoms with Gasteiger partial charge in [-0.3, -0.25) is 9.78 Å². The molecule has 9 nitrogen and oxygen atoms in total. The molecule has 0 bridgehead atoms. The number of nitrogens with zero attached hydrogens (tertiary/aromatic N) is 2. The van der Waals surface area contributed by atoms with E-state index in [0.717, 1.165) is 16.2 Å². The van der Waals surface area contributed by atoms with Crippen molar-refractivity contribution in [3.05, 3.63) is 60.0 Å². The average Bonchev–Trinajstić information content (AvgIpc) is 3.13. The number of nitrogens with one attached hydrogen (secondary N) is 2. The van der Waals surface area contributed by atoms with Gasteiger partial charge in [-0.1, -0.05) is 18.2 Å². The van der Waals surface area contributed by atoms with Gasteiger partial charge in [0.1, 0.15) is 12.4 Å². The highest BCUT2D eigenvalue weighted by molar-refractivity contribution is 7.88. The van der Waals surface area contributed by atoms with Crippen molar-refractivity contribution < 1.29 is 22.7 Å². The number of ether oxygens (including phenoxy) is 2. The van der Waals surface area contributed by atoms with Gasteiger partial charge in [-0.2, -0.15) is 4.31 Å². The van der Waals surface area contributed by atoms with Crippen molar-refractivity contribution in [3.63, 3.8) is 0 Å². The van der Waals surface area contributed by atoms with Crippen LogP contribution in [-0.2, 0) is 21.3 Å². The Bertz CT molecular complexity index is 1220. The molecule has 0 aliphatic carbocycles. The molecule has 3 aromatic rings. The summed E-state index contributed by atoms with van der Waals surface area (Å²) in [5.74, 6) is 0.236. The number of pyridine rings is 1. The predicted octanol–water partition coefficient (Wildman–Crippen LogP) is 2.80. The Morgan fingerprint density at radius 3 is 2.66 bits per heavy atom. The average molecular weight is 457 g/mol. The standard InChI is InChI=1S/C22H24N4O5S/c1-30-10-11-31-19-12-23-9-8-16(19)21-22(24-15-6-4-3-5-7-15)20-17(25-21)13-26(14-18(20)27)32(2,28)29/h3-9,12,24-25H,10-11,13-14H2,1-2H3. The first-order valence-corrected chi connectivity index (χ1v) is 11.8. The molecular formula is C22H24N4O5S. The predicted molar refractivity (Wildman–Crippen MR) is 121 cm³/mol. The van der Waals surface area contributed by atoms with Crippen LogP contribution in [0.1, 0.15) is 16.1 Å². The number of sulfonamides is 1. The smallest absolute Gasteiger partial charge is 0.211 e. The van der Waals surface area contributed by atoms with Gasteiger partial charge in [-0.05, 0) is 18.2 Å². The zero-order valence-corrected chi connectivity index (χ0v) is 18.6. The van der Waals surface area contributed by atoms with Crippen molar-refractivity contribution in [1.29, 1.82) is 0 Å². The number of ketones is 1. The van der Waals surface area contributed by atoms with E-state index in [0.29, 0.717) is 47.2 Å². The first-order chi connectivity index (χ1) is 15.4. The Hall–Kier alpha value is -3.21. The van der Waals surface area contributed by atoms with Crippen molar-refractivity contribution in [2.45, 2.75) is 6.54 Å². The fourth-order valence-electron chi connectivity index (χ4n) is 3.61. The number of anilines is 2. The Morgan fingerprint density at radius 2 is 1.94 bits per heavy atom. The number of rotatable bonds is 8. The minimum absolute atomic E-state index is 0.0777. The fourth-order valence-corrected chi connectivity index (χ4v) is 4.33. The maximum absolute atomic E-state index is 13.1. The quantitative estimate of drug-likeness (QED) is 0.501. The second-order valence-electron chi connectivity index (χ2n) is 7.39. The van der Waals surface area contributed by atoms with Crippen molar-refractivity contribution in [1.82, 2.24) is 14.3 Å². The van der Waals surface area contributed by atoms with E-state index in [1.165, 1.54) is 0 Å². The van der Waals surface area contributed by atoms with E-state index in [2.05, 4.69) is 15.3 Å². The van der Waals surface area contributed by atoms with Gasteiger partial charge < -0.3 is 19.8 Å². The zero-order valence-electron chi connectivity index (χ0n) is 17.8.